The Morgan fingerprint density at radius 2 is 2.27 bits per heavy atom. The van der Waals surface area contributed by atoms with Crippen molar-refractivity contribution in [2.75, 3.05) is 5.75 Å². The molecule has 0 spiro atoms. The lowest BCUT2D eigenvalue weighted by atomic mass is 10.2. The number of rotatable bonds is 5. The second-order valence-corrected chi connectivity index (χ2v) is 4.75. The Labute approximate surface area is 99.9 Å². The molecule has 1 aromatic rings. The van der Waals surface area contributed by atoms with Gasteiger partial charge in [0, 0.05) is 0 Å². The van der Waals surface area contributed by atoms with Gasteiger partial charge in [-0.2, -0.15) is 0 Å². The molecule has 0 aromatic carbocycles. The maximum absolute atomic E-state index is 5.52. The van der Waals surface area contributed by atoms with Gasteiger partial charge in [0.1, 0.15) is 15.7 Å². The number of nitrogens with zero attached hydrogens (tertiary/aromatic N) is 2. The zero-order chi connectivity index (χ0) is 11.3. The molecule has 0 atom stereocenters. The van der Waals surface area contributed by atoms with Crippen LogP contribution < -0.4 is 5.73 Å². The molecular formula is C10H15N3S2. The van der Waals surface area contributed by atoms with Crippen molar-refractivity contribution in [3.05, 3.63) is 17.6 Å². The molecule has 0 unspecified atom stereocenters. The summed E-state index contributed by atoms with van der Waals surface area (Å²) in [7, 11) is 0. The highest BCUT2D eigenvalue weighted by Crippen LogP contribution is 2.19. The van der Waals surface area contributed by atoms with Crippen molar-refractivity contribution in [1.29, 1.82) is 0 Å². The third-order valence-electron chi connectivity index (χ3n) is 1.83. The lowest BCUT2D eigenvalue weighted by Gasteiger charge is -2.07. The van der Waals surface area contributed by atoms with E-state index in [1.165, 1.54) is 0 Å². The maximum atomic E-state index is 5.52. The van der Waals surface area contributed by atoms with Gasteiger partial charge in [-0.25, -0.2) is 4.98 Å². The fourth-order valence-corrected chi connectivity index (χ4v) is 2.03. The fraction of sp³-hybridized carbons (Fsp3) is 0.500. The van der Waals surface area contributed by atoms with E-state index in [4.69, 9.17) is 18.0 Å². The summed E-state index contributed by atoms with van der Waals surface area (Å²) < 4.78 is 0. The van der Waals surface area contributed by atoms with Gasteiger partial charge in [0.15, 0.2) is 0 Å². The first-order valence-corrected chi connectivity index (χ1v) is 6.36. The number of nitrogens with two attached hydrogens (primary N) is 1. The van der Waals surface area contributed by atoms with Crippen LogP contribution in [0.3, 0.4) is 0 Å². The van der Waals surface area contributed by atoms with Crippen molar-refractivity contribution >= 4 is 29.0 Å². The van der Waals surface area contributed by atoms with Crippen LogP contribution in [-0.4, -0.2) is 20.7 Å². The number of thioether (sulfide) groups is 1. The molecule has 1 aromatic heterocycles. The van der Waals surface area contributed by atoms with Crippen LogP contribution in [0, 0.1) is 0 Å². The van der Waals surface area contributed by atoms with Crippen molar-refractivity contribution in [2.45, 2.75) is 31.7 Å². The van der Waals surface area contributed by atoms with E-state index in [0.29, 0.717) is 10.7 Å². The topological polar surface area (TPSA) is 51.8 Å². The molecule has 15 heavy (non-hydrogen) atoms. The van der Waals surface area contributed by atoms with E-state index in [2.05, 4.69) is 23.8 Å². The van der Waals surface area contributed by atoms with Crippen molar-refractivity contribution in [3.63, 3.8) is 0 Å². The molecule has 5 heteroatoms. The van der Waals surface area contributed by atoms with Crippen molar-refractivity contribution < 1.29 is 0 Å². The normalized spacial score (nSPS) is 10.3. The molecule has 0 aliphatic heterocycles. The number of hydrogen-bond acceptors (Lipinski definition) is 4. The second-order valence-electron chi connectivity index (χ2n) is 3.05. The third-order valence-corrected chi connectivity index (χ3v) is 2.93. The van der Waals surface area contributed by atoms with E-state index in [1.54, 1.807) is 18.0 Å². The molecule has 0 amide bonds. The van der Waals surface area contributed by atoms with E-state index in [-0.39, 0.29) is 0 Å². The molecule has 2 N–H and O–H groups in total. The Kier molecular flexibility index (Phi) is 4.98. The average Bonchev–Trinajstić information content (AvgIpc) is 2.21. The number of hydrogen-bond donors (Lipinski definition) is 1. The molecule has 0 saturated carbocycles. The van der Waals surface area contributed by atoms with Gasteiger partial charge in [-0.15, -0.1) is 11.8 Å². The van der Waals surface area contributed by atoms with Gasteiger partial charge >= 0.3 is 0 Å². The highest BCUT2D eigenvalue weighted by molar-refractivity contribution is 7.99. The molecule has 82 valence electrons. The van der Waals surface area contributed by atoms with Crippen LogP contribution in [0.1, 0.15) is 31.7 Å². The third kappa shape index (κ3) is 3.43. The van der Waals surface area contributed by atoms with Crippen molar-refractivity contribution in [2.24, 2.45) is 5.73 Å². The maximum Gasteiger partial charge on any atom is 0.124 e. The van der Waals surface area contributed by atoms with Crippen LogP contribution in [0.5, 0.6) is 0 Å². The van der Waals surface area contributed by atoms with Gasteiger partial charge in [-0.1, -0.05) is 32.5 Å². The van der Waals surface area contributed by atoms with E-state index < -0.39 is 0 Å². The molecule has 0 aliphatic rings. The molecule has 0 saturated heterocycles. The SMILES string of the molecule is CCCc1ncc(C(N)=S)nc1SCC. The number of thiocarbonyl (C=S) groups is 1. The Bertz CT molecular complexity index is 353. The highest BCUT2D eigenvalue weighted by atomic mass is 32.2. The molecule has 0 bridgehead atoms. The van der Waals surface area contributed by atoms with Gasteiger partial charge in [0.05, 0.1) is 11.9 Å². The Morgan fingerprint density at radius 1 is 1.53 bits per heavy atom. The number of aromatic nitrogens is 2. The molecular weight excluding hydrogens is 226 g/mol. The summed E-state index contributed by atoms with van der Waals surface area (Å²) in [6.07, 6.45) is 3.68. The van der Waals surface area contributed by atoms with Gasteiger partial charge in [0.25, 0.3) is 0 Å². The Balaban J connectivity index is 3.02. The van der Waals surface area contributed by atoms with E-state index in [0.717, 1.165) is 29.3 Å². The summed E-state index contributed by atoms with van der Waals surface area (Å²) in [5.74, 6) is 0.978. The van der Waals surface area contributed by atoms with Crippen LogP contribution in [0.15, 0.2) is 11.2 Å². The van der Waals surface area contributed by atoms with Crippen LogP contribution in [-0.2, 0) is 6.42 Å². The first-order chi connectivity index (χ1) is 7.19. The summed E-state index contributed by atoms with van der Waals surface area (Å²) in [6.45, 7) is 4.22. The molecule has 1 rings (SSSR count). The van der Waals surface area contributed by atoms with Gasteiger partial charge in [0.2, 0.25) is 0 Å². The average molecular weight is 241 g/mol. The van der Waals surface area contributed by atoms with E-state index in [9.17, 15) is 0 Å². The van der Waals surface area contributed by atoms with Gasteiger partial charge in [-0.3, -0.25) is 4.98 Å². The Morgan fingerprint density at radius 3 is 2.80 bits per heavy atom. The largest absolute Gasteiger partial charge is 0.388 e. The Hall–Kier alpha value is -0.680. The smallest absolute Gasteiger partial charge is 0.124 e. The standard InChI is InChI=1S/C10H15N3S2/c1-3-5-7-10(15-4-2)13-8(6-12-7)9(11)14/h6H,3-5H2,1-2H3,(H2,11,14). The molecule has 0 aliphatic carbocycles. The van der Waals surface area contributed by atoms with Crippen LogP contribution in [0.2, 0.25) is 0 Å². The summed E-state index contributed by atoms with van der Waals surface area (Å²) in [5.41, 5.74) is 7.18. The summed E-state index contributed by atoms with van der Waals surface area (Å²) in [4.78, 5) is 9.08. The first kappa shape index (κ1) is 12.4. The zero-order valence-corrected chi connectivity index (χ0v) is 10.6. The highest BCUT2D eigenvalue weighted by Gasteiger charge is 2.08. The van der Waals surface area contributed by atoms with Crippen LogP contribution >= 0.6 is 24.0 Å². The quantitative estimate of drug-likeness (QED) is 0.632. The predicted octanol–water partition coefficient (Wildman–Crippen LogP) is 2.18. The van der Waals surface area contributed by atoms with Crippen LogP contribution in [0.4, 0.5) is 0 Å². The minimum absolute atomic E-state index is 0.309. The number of aryl methyl sites for hydroxylation is 1. The molecule has 1 heterocycles. The predicted molar refractivity (Wildman–Crippen MR) is 68.3 cm³/mol. The zero-order valence-electron chi connectivity index (χ0n) is 8.99. The first-order valence-electron chi connectivity index (χ1n) is 4.97. The lowest BCUT2D eigenvalue weighted by molar-refractivity contribution is 0.823. The lowest BCUT2D eigenvalue weighted by Crippen LogP contribution is -2.13. The van der Waals surface area contributed by atoms with Crippen molar-refractivity contribution in [3.8, 4) is 0 Å². The molecule has 0 radical (unpaired) electrons. The van der Waals surface area contributed by atoms with Gasteiger partial charge < -0.3 is 5.73 Å². The molecule has 3 nitrogen and oxygen atoms in total. The summed E-state index contributed by atoms with van der Waals surface area (Å²) in [5, 5.41) is 0.963. The minimum Gasteiger partial charge on any atom is -0.388 e. The minimum atomic E-state index is 0.309. The van der Waals surface area contributed by atoms with Crippen molar-refractivity contribution in [1.82, 2.24) is 9.97 Å². The van der Waals surface area contributed by atoms with E-state index in [1.807, 2.05) is 0 Å². The monoisotopic (exact) mass is 241 g/mol. The molecule has 0 fully saturated rings. The fourth-order valence-electron chi connectivity index (χ4n) is 1.18. The van der Waals surface area contributed by atoms with Crippen LogP contribution in [0.25, 0.3) is 0 Å². The van der Waals surface area contributed by atoms with Gasteiger partial charge in [-0.05, 0) is 12.2 Å². The van der Waals surface area contributed by atoms with E-state index >= 15 is 0 Å². The summed E-state index contributed by atoms with van der Waals surface area (Å²) in [6, 6.07) is 0. The second kappa shape index (κ2) is 6.02. The summed E-state index contributed by atoms with van der Waals surface area (Å²) >= 11 is 6.56.